The van der Waals surface area contributed by atoms with E-state index in [1.54, 1.807) is 12.1 Å². The number of hydrogen-bond acceptors (Lipinski definition) is 3. The lowest BCUT2D eigenvalue weighted by Crippen LogP contribution is -2.37. The molecular formula is C21H24FN3. The van der Waals surface area contributed by atoms with E-state index in [-0.39, 0.29) is 5.82 Å². The molecule has 3 rings (SSSR count). The van der Waals surface area contributed by atoms with Crippen molar-refractivity contribution in [1.82, 2.24) is 4.90 Å². The fraction of sp³-hybridized carbons (Fsp3) is 0.381. The number of benzene rings is 2. The highest BCUT2D eigenvalue weighted by atomic mass is 19.1. The number of nitriles is 1. The van der Waals surface area contributed by atoms with Gasteiger partial charge in [-0.2, -0.15) is 5.26 Å². The van der Waals surface area contributed by atoms with Crippen molar-refractivity contribution in [1.29, 1.82) is 5.26 Å². The second kappa shape index (κ2) is 8.13. The quantitative estimate of drug-likeness (QED) is 0.861. The van der Waals surface area contributed by atoms with Crippen molar-refractivity contribution >= 4 is 5.69 Å². The van der Waals surface area contributed by atoms with E-state index in [1.807, 2.05) is 12.1 Å². The van der Waals surface area contributed by atoms with Gasteiger partial charge in [-0.05, 0) is 55.6 Å². The largest absolute Gasteiger partial charge is 0.379 e. The smallest absolute Gasteiger partial charge is 0.147 e. The van der Waals surface area contributed by atoms with Gasteiger partial charge in [0, 0.05) is 19.1 Å². The van der Waals surface area contributed by atoms with E-state index in [4.69, 9.17) is 5.26 Å². The van der Waals surface area contributed by atoms with E-state index >= 15 is 0 Å². The first-order valence-electron chi connectivity index (χ1n) is 8.91. The molecule has 3 nitrogen and oxygen atoms in total. The zero-order chi connectivity index (χ0) is 17.6. The van der Waals surface area contributed by atoms with Crippen molar-refractivity contribution in [2.75, 3.05) is 11.9 Å². The zero-order valence-electron chi connectivity index (χ0n) is 14.6. The van der Waals surface area contributed by atoms with Gasteiger partial charge in [-0.1, -0.05) is 30.7 Å². The van der Waals surface area contributed by atoms with Gasteiger partial charge in [0.25, 0.3) is 0 Å². The monoisotopic (exact) mass is 337 g/mol. The molecule has 1 N–H and O–H groups in total. The van der Waals surface area contributed by atoms with E-state index in [9.17, 15) is 4.39 Å². The van der Waals surface area contributed by atoms with Crippen LogP contribution in [-0.4, -0.2) is 17.5 Å². The number of nitrogens with one attached hydrogen (secondary N) is 1. The van der Waals surface area contributed by atoms with Crippen LogP contribution >= 0.6 is 0 Å². The van der Waals surface area contributed by atoms with Gasteiger partial charge < -0.3 is 5.32 Å². The van der Waals surface area contributed by atoms with Crippen LogP contribution in [-0.2, 0) is 13.1 Å². The van der Waals surface area contributed by atoms with Crippen LogP contribution in [0.5, 0.6) is 0 Å². The Bertz CT molecular complexity index is 766. The summed E-state index contributed by atoms with van der Waals surface area (Å²) in [5.74, 6) is -0.388. The van der Waals surface area contributed by atoms with Crippen molar-refractivity contribution < 1.29 is 4.39 Å². The van der Waals surface area contributed by atoms with Gasteiger partial charge in [-0.3, -0.25) is 4.90 Å². The standard InChI is InChI=1S/C21H24FN3/c1-16-6-4-5-11-25(16)15-19-8-3-2-7-18(19)14-24-21-10-9-17(13-23)12-20(21)22/h2-3,7-10,12,16,24H,4-6,11,14-15H2,1H3/t16-/m1/s1. The fourth-order valence-electron chi connectivity index (χ4n) is 3.41. The maximum absolute atomic E-state index is 14.0. The molecule has 0 aromatic heterocycles. The number of halogens is 1. The van der Waals surface area contributed by atoms with Crippen LogP contribution in [0.4, 0.5) is 10.1 Å². The van der Waals surface area contributed by atoms with Crippen molar-refractivity contribution in [2.45, 2.75) is 45.3 Å². The predicted octanol–water partition coefficient (Wildman–Crippen LogP) is 4.68. The molecule has 2 aromatic carbocycles. The number of likely N-dealkylation sites (tertiary alicyclic amines) is 1. The molecule has 0 unspecified atom stereocenters. The third kappa shape index (κ3) is 4.37. The third-order valence-electron chi connectivity index (χ3n) is 5.00. The molecule has 1 aliphatic rings. The minimum atomic E-state index is -0.388. The summed E-state index contributed by atoms with van der Waals surface area (Å²) in [6.45, 7) is 4.95. The fourth-order valence-corrected chi connectivity index (χ4v) is 3.41. The van der Waals surface area contributed by atoms with Gasteiger partial charge in [-0.25, -0.2) is 4.39 Å². The Hall–Kier alpha value is -2.38. The second-order valence-corrected chi connectivity index (χ2v) is 6.74. The maximum atomic E-state index is 14.0. The molecule has 0 radical (unpaired) electrons. The second-order valence-electron chi connectivity index (χ2n) is 6.74. The van der Waals surface area contributed by atoms with E-state index in [2.05, 4.69) is 35.3 Å². The third-order valence-corrected chi connectivity index (χ3v) is 5.00. The first-order valence-corrected chi connectivity index (χ1v) is 8.91. The summed E-state index contributed by atoms with van der Waals surface area (Å²) in [5, 5.41) is 12.0. The van der Waals surface area contributed by atoms with Gasteiger partial charge in [0.15, 0.2) is 0 Å². The molecule has 1 saturated heterocycles. The summed E-state index contributed by atoms with van der Waals surface area (Å²) in [6, 6.07) is 15.4. The van der Waals surface area contributed by atoms with Crippen molar-refractivity contribution in [2.24, 2.45) is 0 Å². The van der Waals surface area contributed by atoms with Gasteiger partial charge >= 0.3 is 0 Å². The lowest BCUT2D eigenvalue weighted by atomic mass is 10.0. The van der Waals surface area contributed by atoms with E-state index < -0.39 is 0 Å². The number of rotatable bonds is 5. The first-order chi connectivity index (χ1) is 12.2. The van der Waals surface area contributed by atoms with Gasteiger partial charge in [0.1, 0.15) is 5.82 Å². The average molecular weight is 337 g/mol. The molecule has 0 amide bonds. The van der Waals surface area contributed by atoms with Gasteiger partial charge in [0.05, 0.1) is 17.3 Å². The molecule has 1 heterocycles. The Morgan fingerprint density at radius 3 is 2.72 bits per heavy atom. The normalized spacial score (nSPS) is 17.9. The Labute approximate surface area is 149 Å². The highest BCUT2D eigenvalue weighted by molar-refractivity contribution is 5.49. The molecule has 0 spiro atoms. The lowest BCUT2D eigenvalue weighted by molar-refractivity contribution is 0.152. The highest BCUT2D eigenvalue weighted by Gasteiger charge is 2.19. The predicted molar refractivity (Wildman–Crippen MR) is 98.6 cm³/mol. The molecule has 1 fully saturated rings. The van der Waals surface area contributed by atoms with Crippen LogP contribution in [0.15, 0.2) is 42.5 Å². The van der Waals surface area contributed by atoms with E-state index in [0.29, 0.717) is 23.8 Å². The van der Waals surface area contributed by atoms with Crippen LogP contribution < -0.4 is 5.32 Å². The number of hydrogen-bond donors (Lipinski definition) is 1. The highest BCUT2D eigenvalue weighted by Crippen LogP contribution is 2.22. The molecule has 1 atom stereocenters. The Kier molecular flexibility index (Phi) is 5.67. The summed E-state index contributed by atoms with van der Waals surface area (Å²) < 4.78 is 14.0. The number of nitrogens with zero attached hydrogens (tertiary/aromatic N) is 2. The molecule has 0 bridgehead atoms. The Morgan fingerprint density at radius 1 is 1.20 bits per heavy atom. The number of piperidine rings is 1. The molecule has 25 heavy (non-hydrogen) atoms. The Morgan fingerprint density at radius 2 is 2.00 bits per heavy atom. The average Bonchev–Trinajstić information content (AvgIpc) is 2.63. The molecule has 1 aliphatic heterocycles. The topological polar surface area (TPSA) is 39.1 Å². The molecule has 130 valence electrons. The van der Waals surface area contributed by atoms with Crippen LogP contribution in [0.2, 0.25) is 0 Å². The zero-order valence-corrected chi connectivity index (χ0v) is 14.6. The summed E-state index contributed by atoms with van der Waals surface area (Å²) in [6.07, 6.45) is 3.84. The SMILES string of the molecule is C[C@@H]1CCCCN1Cc1ccccc1CNc1ccc(C#N)cc1F. The van der Waals surface area contributed by atoms with E-state index in [0.717, 1.165) is 13.1 Å². The van der Waals surface area contributed by atoms with E-state index in [1.165, 1.54) is 36.5 Å². The lowest BCUT2D eigenvalue weighted by Gasteiger charge is -2.33. The van der Waals surface area contributed by atoms with Crippen molar-refractivity contribution in [3.63, 3.8) is 0 Å². The van der Waals surface area contributed by atoms with Gasteiger partial charge in [-0.15, -0.1) is 0 Å². The minimum Gasteiger partial charge on any atom is -0.379 e. The molecular weight excluding hydrogens is 313 g/mol. The molecule has 2 aromatic rings. The van der Waals surface area contributed by atoms with Crippen LogP contribution in [0.25, 0.3) is 0 Å². The maximum Gasteiger partial charge on any atom is 0.147 e. The van der Waals surface area contributed by atoms with Gasteiger partial charge in [0.2, 0.25) is 0 Å². The van der Waals surface area contributed by atoms with Crippen molar-refractivity contribution in [3.05, 3.63) is 65.0 Å². The molecule has 0 aliphatic carbocycles. The van der Waals surface area contributed by atoms with Crippen LogP contribution in [0, 0.1) is 17.1 Å². The first kappa shape index (κ1) is 17.4. The summed E-state index contributed by atoms with van der Waals surface area (Å²) in [5.41, 5.74) is 3.24. The van der Waals surface area contributed by atoms with Crippen LogP contribution in [0.1, 0.15) is 42.9 Å². The number of anilines is 1. The minimum absolute atomic E-state index is 0.336. The van der Waals surface area contributed by atoms with Crippen molar-refractivity contribution in [3.8, 4) is 6.07 Å². The molecule has 0 saturated carbocycles. The Balaban J connectivity index is 1.70. The summed E-state index contributed by atoms with van der Waals surface area (Å²) >= 11 is 0. The summed E-state index contributed by atoms with van der Waals surface area (Å²) in [7, 11) is 0. The summed E-state index contributed by atoms with van der Waals surface area (Å²) in [4.78, 5) is 2.53. The van der Waals surface area contributed by atoms with Crippen LogP contribution in [0.3, 0.4) is 0 Å². The molecule has 4 heteroatoms.